The molecule has 1 aliphatic heterocycles. The first-order valence-corrected chi connectivity index (χ1v) is 5.89. The third-order valence-corrected chi connectivity index (χ3v) is 3.35. The molecule has 1 aromatic carbocycles. The van der Waals surface area contributed by atoms with Crippen LogP contribution in [0.4, 0.5) is 0 Å². The molecule has 2 nitrogen and oxygen atoms in total. The largest absolute Gasteiger partial charge is 0.310 e. The van der Waals surface area contributed by atoms with Crippen LogP contribution in [0.1, 0.15) is 43.9 Å². The molecule has 3 heteroatoms. The van der Waals surface area contributed by atoms with E-state index in [4.69, 9.17) is 0 Å². The van der Waals surface area contributed by atoms with Crippen molar-refractivity contribution in [1.29, 1.82) is 5.26 Å². The lowest BCUT2D eigenvalue weighted by atomic mass is 9.81. The second kappa shape index (κ2) is 5.53. The quantitative estimate of drug-likeness (QED) is 0.874. The summed E-state index contributed by atoms with van der Waals surface area (Å²) in [6.07, 6.45) is 2.41. The third kappa shape index (κ3) is 2.80. The van der Waals surface area contributed by atoms with E-state index in [1.54, 1.807) is 0 Å². The van der Waals surface area contributed by atoms with Crippen molar-refractivity contribution >= 4 is 12.4 Å². The summed E-state index contributed by atoms with van der Waals surface area (Å²) in [4.78, 5) is 0. The van der Waals surface area contributed by atoms with Gasteiger partial charge in [-0.2, -0.15) is 5.26 Å². The molecule has 2 rings (SSSR count). The average molecular weight is 251 g/mol. The standard InChI is InChI=1S/C14H18N2.ClH/c1-14(2,10-15)12-7-4-3-6-11(12)13-8-5-9-16-13;/h3-4,6-7,13,16H,5,8-9H2,1-2H3;1H/t13-;/m0./s1. The molecule has 0 bridgehead atoms. The summed E-state index contributed by atoms with van der Waals surface area (Å²) in [6.45, 7) is 5.06. The van der Waals surface area contributed by atoms with E-state index in [9.17, 15) is 5.26 Å². The molecular formula is C14H19ClN2. The molecule has 1 saturated heterocycles. The SMILES string of the molecule is CC(C)(C#N)c1ccccc1[C@@H]1CCCN1.Cl. The van der Waals surface area contributed by atoms with E-state index < -0.39 is 5.41 Å². The predicted molar refractivity (Wildman–Crippen MR) is 72.3 cm³/mol. The third-order valence-electron chi connectivity index (χ3n) is 3.35. The zero-order chi connectivity index (χ0) is 11.6. The van der Waals surface area contributed by atoms with Crippen molar-refractivity contribution in [3.8, 4) is 6.07 Å². The molecule has 1 aliphatic rings. The number of rotatable bonds is 2. The summed E-state index contributed by atoms with van der Waals surface area (Å²) >= 11 is 0. The molecule has 1 heterocycles. The van der Waals surface area contributed by atoms with Crippen LogP contribution >= 0.6 is 12.4 Å². The van der Waals surface area contributed by atoms with Gasteiger partial charge in [-0.15, -0.1) is 12.4 Å². The number of nitriles is 1. The van der Waals surface area contributed by atoms with Gasteiger partial charge in [0.2, 0.25) is 0 Å². The van der Waals surface area contributed by atoms with Gasteiger partial charge >= 0.3 is 0 Å². The predicted octanol–water partition coefficient (Wildman–Crippen LogP) is 3.33. The Bertz CT molecular complexity index is 414. The maximum absolute atomic E-state index is 9.24. The minimum atomic E-state index is -0.402. The van der Waals surface area contributed by atoms with E-state index in [-0.39, 0.29) is 12.4 Å². The first-order chi connectivity index (χ1) is 7.65. The lowest BCUT2D eigenvalue weighted by Gasteiger charge is -2.23. The van der Waals surface area contributed by atoms with Gasteiger partial charge in [-0.05, 0) is 44.4 Å². The van der Waals surface area contributed by atoms with Crippen molar-refractivity contribution in [2.24, 2.45) is 0 Å². The monoisotopic (exact) mass is 250 g/mol. The van der Waals surface area contributed by atoms with Crippen molar-refractivity contribution < 1.29 is 0 Å². The fourth-order valence-corrected chi connectivity index (χ4v) is 2.38. The molecule has 92 valence electrons. The Balaban J connectivity index is 0.00000144. The highest BCUT2D eigenvalue weighted by atomic mass is 35.5. The van der Waals surface area contributed by atoms with Gasteiger partial charge in [-0.1, -0.05) is 24.3 Å². The maximum Gasteiger partial charge on any atom is 0.0769 e. The van der Waals surface area contributed by atoms with E-state index in [2.05, 4.69) is 29.6 Å². The van der Waals surface area contributed by atoms with Crippen LogP contribution in [0, 0.1) is 11.3 Å². The summed E-state index contributed by atoms with van der Waals surface area (Å²) in [5.41, 5.74) is 2.06. The van der Waals surface area contributed by atoms with Crippen LogP contribution in [0.15, 0.2) is 24.3 Å². The van der Waals surface area contributed by atoms with E-state index in [1.165, 1.54) is 18.4 Å². The summed E-state index contributed by atoms with van der Waals surface area (Å²) < 4.78 is 0. The summed E-state index contributed by atoms with van der Waals surface area (Å²) in [7, 11) is 0. The van der Waals surface area contributed by atoms with E-state index in [0.717, 1.165) is 12.1 Å². The molecule has 1 fully saturated rings. The Kier molecular flexibility index (Phi) is 4.56. The van der Waals surface area contributed by atoms with E-state index in [1.807, 2.05) is 19.9 Å². The van der Waals surface area contributed by atoms with E-state index in [0.29, 0.717) is 6.04 Å². The molecule has 0 spiro atoms. The summed E-state index contributed by atoms with van der Waals surface area (Å²) in [6, 6.07) is 11.1. The molecule has 1 N–H and O–H groups in total. The van der Waals surface area contributed by atoms with Crippen molar-refractivity contribution in [2.45, 2.75) is 38.1 Å². The second-order valence-electron chi connectivity index (χ2n) is 4.97. The van der Waals surface area contributed by atoms with Crippen LogP contribution in [0.3, 0.4) is 0 Å². The lowest BCUT2D eigenvalue weighted by molar-refractivity contribution is 0.606. The van der Waals surface area contributed by atoms with Gasteiger partial charge in [0.25, 0.3) is 0 Å². The van der Waals surface area contributed by atoms with Crippen LogP contribution in [-0.4, -0.2) is 6.54 Å². The van der Waals surface area contributed by atoms with Gasteiger partial charge in [-0.3, -0.25) is 0 Å². The fraction of sp³-hybridized carbons (Fsp3) is 0.500. The molecule has 0 saturated carbocycles. The molecular weight excluding hydrogens is 232 g/mol. The summed E-state index contributed by atoms with van der Waals surface area (Å²) in [5.74, 6) is 0. The zero-order valence-corrected chi connectivity index (χ0v) is 11.2. The van der Waals surface area contributed by atoms with Crippen LogP contribution in [0.25, 0.3) is 0 Å². The average Bonchev–Trinajstić information content (AvgIpc) is 2.82. The van der Waals surface area contributed by atoms with Crippen molar-refractivity contribution in [1.82, 2.24) is 5.32 Å². The Hall–Kier alpha value is -1.04. The minimum Gasteiger partial charge on any atom is -0.310 e. The molecule has 0 aliphatic carbocycles. The van der Waals surface area contributed by atoms with Crippen molar-refractivity contribution in [3.05, 3.63) is 35.4 Å². The van der Waals surface area contributed by atoms with Crippen LogP contribution in [0.5, 0.6) is 0 Å². The van der Waals surface area contributed by atoms with Crippen LogP contribution in [-0.2, 0) is 5.41 Å². The Morgan fingerprint density at radius 1 is 1.35 bits per heavy atom. The summed E-state index contributed by atoms with van der Waals surface area (Å²) in [5, 5.41) is 12.7. The molecule has 17 heavy (non-hydrogen) atoms. The number of nitrogens with zero attached hydrogens (tertiary/aromatic N) is 1. The molecule has 0 radical (unpaired) electrons. The first-order valence-electron chi connectivity index (χ1n) is 5.89. The minimum absolute atomic E-state index is 0. The number of hydrogen-bond donors (Lipinski definition) is 1. The smallest absolute Gasteiger partial charge is 0.0769 e. The molecule has 0 aromatic heterocycles. The van der Waals surface area contributed by atoms with Gasteiger partial charge < -0.3 is 5.32 Å². The number of nitrogens with one attached hydrogen (secondary N) is 1. The van der Waals surface area contributed by atoms with E-state index >= 15 is 0 Å². The van der Waals surface area contributed by atoms with Gasteiger partial charge in [0.05, 0.1) is 11.5 Å². The number of benzene rings is 1. The first kappa shape index (κ1) is 14.0. The van der Waals surface area contributed by atoms with Crippen LogP contribution in [0.2, 0.25) is 0 Å². The number of hydrogen-bond acceptors (Lipinski definition) is 2. The number of halogens is 1. The van der Waals surface area contributed by atoms with Gasteiger partial charge in [0.1, 0.15) is 0 Å². The topological polar surface area (TPSA) is 35.8 Å². The second-order valence-corrected chi connectivity index (χ2v) is 4.97. The van der Waals surface area contributed by atoms with Crippen LogP contribution < -0.4 is 5.32 Å². The normalized spacial score (nSPS) is 19.5. The Morgan fingerprint density at radius 3 is 2.65 bits per heavy atom. The molecule has 1 atom stereocenters. The highest BCUT2D eigenvalue weighted by Crippen LogP contribution is 2.32. The molecule has 0 amide bonds. The fourth-order valence-electron chi connectivity index (χ4n) is 2.38. The molecule has 1 aromatic rings. The van der Waals surface area contributed by atoms with Gasteiger partial charge in [-0.25, -0.2) is 0 Å². The lowest BCUT2D eigenvalue weighted by Crippen LogP contribution is -2.21. The zero-order valence-electron chi connectivity index (χ0n) is 10.4. The highest BCUT2D eigenvalue weighted by molar-refractivity contribution is 5.85. The van der Waals surface area contributed by atoms with Crippen molar-refractivity contribution in [3.63, 3.8) is 0 Å². The van der Waals surface area contributed by atoms with Gasteiger partial charge in [0.15, 0.2) is 0 Å². The maximum atomic E-state index is 9.24. The Labute approximate surface area is 109 Å². The Morgan fingerprint density at radius 2 is 2.06 bits per heavy atom. The van der Waals surface area contributed by atoms with Crippen molar-refractivity contribution in [2.75, 3.05) is 6.54 Å². The molecule has 0 unspecified atom stereocenters. The van der Waals surface area contributed by atoms with Gasteiger partial charge in [0, 0.05) is 6.04 Å². The highest BCUT2D eigenvalue weighted by Gasteiger charge is 2.27.